The van der Waals surface area contributed by atoms with E-state index in [1.807, 2.05) is 66.0 Å². The van der Waals surface area contributed by atoms with Gasteiger partial charge < -0.3 is 10.5 Å². The van der Waals surface area contributed by atoms with Crippen molar-refractivity contribution in [2.75, 3.05) is 0 Å². The van der Waals surface area contributed by atoms with Gasteiger partial charge in [0.25, 0.3) is 0 Å². The van der Waals surface area contributed by atoms with Crippen LogP contribution in [-0.2, 0) is 9.53 Å². The van der Waals surface area contributed by atoms with E-state index in [0.29, 0.717) is 0 Å². The molecule has 3 nitrogen and oxygen atoms in total. The zero-order valence-corrected chi connectivity index (χ0v) is 11.6. The molecule has 0 fully saturated rings. The molecule has 0 aliphatic heterocycles. The Hall–Kier alpha value is 0.890. The van der Waals surface area contributed by atoms with Gasteiger partial charge >= 0.3 is 5.97 Å². The van der Waals surface area contributed by atoms with Crippen molar-refractivity contribution in [3.63, 3.8) is 0 Å². The van der Waals surface area contributed by atoms with Gasteiger partial charge in [0, 0.05) is 0 Å². The third kappa shape index (κ3) is 4.80. The first kappa shape index (κ1) is 12.9. The molecule has 1 unspecified atom stereocenters. The number of halogens is 2. The first-order valence-electron chi connectivity index (χ1n) is 3.49. The summed E-state index contributed by atoms with van der Waals surface area (Å²) in [6.45, 7) is 5.73. The molecule has 0 aliphatic rings. The molecule has 0 heterocycles. The zero-order chi connectivity index (χ0) is 9.94. The Bertz CT molecular complexity index is 165. The van der Waals surface area contributed by atoms with Gasteiger partial charge in [-0.25, -0.2) is 0 Å². The average molecular weight is 397 g/mol. The first-order valence-corrected chi connectivity index (χ1v) is 5.98. The predicted octanol–water partition coefficient (Wildman–Crippen LogP) is 2.06. The van der Waals surface area contributed by atoms with E-state index in [4.69, 9.17) is 10.5 Å². The molecule has 0 bridgehead atoms. The molecule has 12 heavy (non-hydrogen) atoms. The molecule has 0 spiro atoms. The van der Waals surface area contributed by atoms with Crippen LogP contribution in [0.2, 0.25) is 0 Å². The highest BCUT2D eigenvalue weighted by molar-refractivity contribution is 14.2. The number of alkyl halides is 2. The molecule has 0 aliphatic carbocycles. The third-order valence-electron chi connectivity index (χ3n) is 1.39. The van der Waals surface area contributed by atoms with Crippen LogP contribution in [-0.4, -0.2) is 14.1 Å². The number of ether oxygens (including phenoxy) is 1. The molecule has 0 aromatic heterocycles. The van der Waals surface area contributed by atoms with Gasteiger partial charge in [-0.05, 0) is 50.6 Å². The number of carbonyl (C=O) groups excluding carboxylic acids is 1. The van der Waals surface area contributed by atoms with E-state index in [1.54, 1.807) is 0 Å². The maximum absolute atomic E-state index is 11.2. The van der Waals surface area contributed by atoms with E-state index in [-0.39, 0.29) is 13.5 Å². The molecule has 0 radical (unpaired) electrons. The van der Waals surface area contributed by atoms with Gasteiger partial charge in [-0.3, -0.25) is 4.79 Å². The SMILES string of the molecule is CC(C)(C)C(N)C(=O)OC(I)I. The lowest BCUT2D eigenvalue weighted by Crippen LogP contribution is -2.43. The standard InChI is InChI=1S/C7H13I2NO2/c1-7(2,3)4(10)5(11)12-6(8)9/h4,6H,10H2,1-3H3. The highest BCUT2D eigenvalue weighted by Gasteiger charge is 2.29. The Morgan fingerprint density at radius 3 is 2.08 bits per heavy atom. The summed E-state index contributed by atoms with van der Waals surface area (Å²) in [4.78, 5) is 11.2. The molecule has 0 aromatic rings. The quantitative estimate of drug-likeness (QED) is 0.441. The van der Waals surface area contributed by atoms with Gasteiger partial charge in [0.05, 0.1) is 0 Å². The number of nitrogens with two attached hydrogens (primary N) is 1. The maximum atomic E-state index is 11.2. The highest BCUT2D eigenvalue weighted by Crippen LogP contribution is 2.20. The van der Waals surface area contributed by atoms with Crippen molar-refractivity contribution in [1.29, 1.82) is 0 Å². The summed E-state index contributed by atoms with van der Waals surface area (Å²) >= 11 is 4.01. The monoisotopic (exact) mass is 397 g/mol. The Balaban J connectivity index is 4.12. The van der Waals surface area contributed by atoms with Gasteiger partial charge in [0.15, 0.2) is 0 Å². The van der Waals surface area contributed by atoms with E-state index in [9.17, 15) is 4.79 Å². The van der Waals surface area contributed by atoms with Crippen LogP contribution < -0.4 is 5.73 Å². The lowest BCUT2D eigenvalue weighted by molar-refractivity contribution is -0.145. The van der Waals surface area contributed by atoms with Crippen molar-refractivity contribution in [2.45, 2.75) is 28.9 Å². The fourth-order valence-corrected chi connectivity index (χ4v) is 1.02. The molecule has 0 saturated carbocycles. The van der Waals surface area contributed by atoms with Crippen LogP contribution in [0.15, 0.2) is 0 Å². The molecule has 2 N–H and O–H groups in total. The Labute approximate surface area is 100 Å². The summed E-state index contributed by atoms with van der Waals surface area (Å²) < 4.78 is 4.80. The number of hydrogen-bond donors (Lipinski definition) is 1. The predicted molar refractivity (Wildman–Crippen MR) is 65.4 cm³/mol. The number of rotatable bonds is 2. The molecule has 0 amide bonds. The third-order valence-corrected chi connectivity index (χ3v) is 1.90. The van der Waals surface area contributed by atoms with Gasteiger partial charge in [0.2, 0.25) is 2.12 Å². The first-order chi connectivity index (χ1) is 5.25. The lowest BCUT2D eigenvalue weighted by atomic mass is 9.88. The smallest absolute Gasteiger partial charge is 0.325 e. The van der Waals surface area contributed by atoms with Gasteiger partial charge in [-0.2, -0.15) is 0 Å². The molecule has 1 atom stereocenters. The van der Waals surface area contributed by atoms with E-state index >= 15 is 0 Å². The van der Waals surface area contributed by atoms with Crippen LogP contribution in [0.25, 0.3) is 0 Å². The number of hydrogen-bond acceptors (Lipinski definition) is 3. The van der Waals surface area contributed by atoms with Crippen molar-refractivity contribution in [1.82, 2.24) is 0 Å². The van der Waals surface area contributed by atoms with Gasteiger partial charge in [-0.1, -0.05) is 20.8 Å². The Kier molecular flexibility index (Phi) is 5.31. The second-order valence-corrected chi connectivity index (χ2v) is 8.19. The van der Waals surface area contributed by atoms with E-state index in [0.717, 1.165) is 0 Å². The van der Waals surface area contributed by atoms with E-state index in [1.165, 1.54) is 0 Å². The fourth-order valence-electron chi connectivity index (χ4n) is 0.515. The van der Waals surface area contributed by atoms with Crippen molar-refractivity contribution < 1.29 is 9.53 Å². The molecule has 72 valence electrons. The summed E-state index contributed by atoms with van der Waals surface area (Å²) in [6, 6.07) is -0.551. The van der Waals surface area contributed by atoms with Crippen LogP contribution in [0.5, 0.6) is 0 Å². The summed E-state index contributed by atoms with van der Waals surface area (Å²) in [6.07, 6.45) is 0. The number of esters is 1. The number of carbonyl (C=O) groups is 1. The summed E-state index contributed by atoms with van der Waals surface area (Å²) in [5, 5.41) is 0. The molecule has 5 heteroatoms. The van der Waals surface area contributed by atoms with Crippen molar-refractivity contribution in [2.24, 2.45) is 11.1 Å². The van der Waals surface area contributed by atoms with Gasteiger partial charge in [-0.15, -0.1) is 0 Å². The summed E-state index contributed by atoms with van der Waals surface area (Å²) in [5.41, 5.74) is 5.42. The van der Waals surface area contributed by atoms with Crippen molar-refractivity contribution >= 4 is 51.2 Å². The molecule has 0 aromatic carbocycles. The van der Waals surface area contributed by atoms with Crippen LogP contribution in [0.3, 0.4) is 0 Å². The summed E-state index contributed by atoms with van der Waals surface area (Å²) in [5.74, 6) is -0.337. The average Bonchev–Trinajstić information content (AvgIpc) is 1.82. The largest absolute Gasteiger partial charge is 0.440 e. The second-order valence-electron chi connectivity index (χ2n) is 3.54. The van der Waals surface area contributed by atoms with Gasteiger partial charge in [0.1, 0.15) is 6.04 Å². The van der Waals surface area contributed by atoms with Crippen molar-refractivity contribution in [3.05, 3.63) is 0 Å². The Morgan fingerprint density at radius 2 is 1.83 bits per heavy atom. The zero-order valence-electron chi connectivity index (χ0n) is 7.30. The normalized spacial score (nSPS) is 14.6. The molecular weight excluding hydrogens is 384 g/mol. The van der Waals surface area contributed by atoms with E-state index in [2.05, 4.69) is 0 Å². The topological polar surface area (TPSA) is 52.3 Å². The Morgan fingerprint density at radius 1 is 1.42 bits per heavy atom. The summed E-state index contributed by atoms with van der Waals surface area (Å²) in [7, 11) is 0. The maximum Gasteiger partial charge on any atom is 0.325 e. The fraction of sp³-hybridized carbons (Fsp3) is 0.857. The van der Waals surface area contributed by atoms with E-state index < -0.39 is 6.04 Å². The lowest BCUT2D eigenvalue weighted by Gasteiger charge is -2.25. The van der Waals surface area contributed by atoms with Crippen LogP contribution in [0.1, 0.15) is 20.8 Å². The molecular formula is C7H13I2NO2. The minimum atomic E-state index is -0.551. The second kappa shape index (κ2) is 4.94. The van der Waals surface area contributed by atoms with Crippen LogP contribution in [0.4, 0.5) is 0 Å². The minimum Gasteiger partial charge on any atom is -0.440 e. The van der Waals surface area contributed by atoms with Crippen LogP contribution in [0, 0.1) is 5.41 Å². The molecule has 0 saturated heterocycles. The van der Waals surface area contributed by atoms with Crippen molar-refractivity contribution in [3.8, 4) is 0 Å². The van der Waals surface area contributed by atoms with Crippen LogP contribution >= 0.6 is 45.2 Å². The highest BCUT2D eigenvalue weighted by atomic mass is 127. The molecule has 0 rings (SSSR count). The minimum absolute atomic E-state index is 0.152.